The largest absolute Gasteiger partial charge is 0.289 e. The highest BCUT2D eigenvalue weighted by Gasteiger charge is 2.15. The average molecular weight is 256 g/mol. The standard InChI is InChI=1S/C9H10BrN3O/c10-9-7-12(11-13(9)14)6-8-4-2-1-3-5-8/h1-5,7,11,14H,6H2. The van der Waals surface area contributed by atoms with E-state index in [0.717, 1.165) is 5.17 Å². The van der Waals surface area contributed by atoms with E-state index in [1.54, 1.807) is 11.2 Å². The summed E-state index contributed by atoms with van der Waals surface area (Å²) in [5.41, 5.74) is 3.91. The molecule has 0 aromatic heterocycles. The highest BCUT2D eigenvalue weighted by atomic mass is 79.9. The Hall–Kier alpha value is -1.04. The zero-order chi connectivity index (χ0) is 9.97. The van der Waals surface area contributed by atoms with Gasteiger partial charge >= 0.3 is 0 Å². The first kappa shape index (κ1) is 9.51. The second kappa shape index (κ2) is 4.00. The average Bonchev–Trinajstić information content (AvgIpc) is 2.47. The van der Waals surface area contributed by atoms with Crippen LogP contribution in [0.1, 0.15) is 5.56 Å². The van der Waals surface area contributed by atoms with E-state index >= 15 is 0 Å². The van der Waals surface area contributed by atoms with E-state index in [1.807, 2.05) is 30.3 Å². The fraction of sp³-hybridized carbons (Fsp3) is 0.111. The van der Waals surface area contributed by atoms with E-state index < -0.39 is 0 Å². The molecule has 0 amide bonds. The number of halogens is 1. The minimum Gasteiger partial charge on any atom is -0.289 e. The van der Waals surface area contributed by atoms with Crippen LogP contribution in [-0.2, 0) is 6.54 Å². The minimum absolute atomic E-state index is 0.591. The van der Waals surface area contributed by atoms with Crippen LogP contribution in [-0.4, -0.2) is 15.4 Å². The topological polar surface area (TPSA) is 38.7 Å². The van der Waals surface area contributed by atoms with Gasteiger partial charge in [0, 0.05) is 0 Å². The molecular formula is C9H10BrN3O. The summed E-state index contributed by atoms with van der Waals surface area (Å²) in [5.74, 6) is 0. The second-order valence-electron chi connectivity index (χ2n) is 2.98. The van der Waals surface area contributed by atoms with Crippen molar-refractivity contribution in [1.29, 1.82) is 0 Å². The minimum atomic E-state index is 0.591. The second-order valence-corrected chi connectivity index (χ2v) is 3.79. The first-order valence-electron chi connectivity index (χ1n) is 4.19. The van der Waals surface area contributed by atoms with Crippen molar-refractivity contribution < 1.29 is 5.21 Å². The third-order valence-electron chi connectivity index (χ3n) is 1.88. The number of benzene rings is 1. The molecule has 1 aliphatic heterocycles. The number of hydrogen-bond acceptors (Lipinski definition) is 4. The predicted octanol–water partition coefficient (Wildman–Crippen LogP) is 1.81. The molecule has 2 rings (SSSR count). The van der Waals surface area contributed by atoms with E-state index in [2.05, 4.69) is 21.5 Å². The quantitative estimate of drug-likeness (QED) is 0.791. The molecule has 0 atom stereocenters. The Balaban J connectivity index is 2.01. The molecule has 0 spiro atoms. The van der Waals surface area contributed by atoms with Crippen molar-refractivity contribution in [1.82, 2.24) is 15.7 Å². The van der Waals surface area contributed by atoms with Crippen LogP contribution in [0.4, 0.5) is 0 Å². The Labute approximate surface area is 90.5 Å². The normalized spacial score (nSPS) is 16.0. The van der Waals surface area contributed by atoms with Gasteiger partial charge in [0.2, 0.25) is 0 Å². The SMILES string of the molecule is ON1NN(Cc2ccccc2)C=C1Br. The van der Waals surface area contributed by atoms with Gasteiger partial charge in [-0.1, -0.05) is 30.3 Å². The summed E-state index contributed by atoms with van der Waals surface area (Å²) < 4.78 is 0.591. The Morgan fingerprint density at radius 3 is 2.57 bits per heavy atom. The molecule has 1 aromatic rings. The third-order valence-corrected chi connectivity index (χ3v) is 2.42. The van der Waals surface area contributed by atoms with Crippen molar-refractivity contribution in [2.24, 2.45) is 0 Å². The number of nitrogens with zero attached hydrogens (tertiary/aromatic N) is 2. The van der Waals surface area contributed by atoms with E-state index in [1.165, 1.54) is 5.56 Å². The highest BCUT2D eigenvalue weighted by Crippen LogP contribution is 2.16. The van der Waals surface area contributed by atoms with Gasteiger partial charge in [-0.2, -0.15) is 5.17 Å². The molecule has 0 saturated carbocycles. The Morgan fingerprint density at radius 1 is 1.29 bits per heavy atom. The summed E-state index contributed by atoms with van der Waals surface area (Å²) in [6.45, 7) is 0.701. The molecule has 1 heterocycles. The fourth-order valence-electron chi connectivity index (χ4n) is 1.24. The van der Waals surface area contributed by atoms with Gasteiger partial charge in [0.25, 0.3) is 0 Å². The molecule has 5 heteroatoms. The molecule has 0 unspecified atom stereocenters. The summed E-state index contributed by atoms with van der Waals surface area (Å²) >= 11 is 3.19. The van der Waals surface area contributed by atoms with E-state index in [4.69, 9.17) is 0 Å². The van der Waals surface area contributed by atoms with Crippen LogP contribution >= 0.6 is 15.9 Å². The van der Waals surface area contributed by atoms with Crippen LogP contribution in [0.3, 0.4) is 0 Å². The molecule has 74 valence electrons. The first-order chi connectivity index (χ1) is 6.75. The van der Waals surface area contributed by atoms with Crippen LogP contribution in [0.15, 0.2) is 41.1 Å². The zero-order valence-electron chi connectivity index (χ0n) is 7.39. The van der Waals surface area contributed by atoms with Gasteiger partial charge in [-0.3, -0.25) is 10.2 Å². The fourth-order valence-corrected chi connectivity index (χ4v) is 1.57. The molecule has 0 bridgehead atoms. The van der Waals surface area contributed by atoms with E-state index in [9.17, 15) is 5.21 Å². The molecule has 0 fully saturated rings. The third kappa shape index (κ3) is 2.06. The van der Waals surface area contributed by atoms with Crippen LogP contribution in [0.5, 0.6) is 0 Å². The lowest BCUT2D eigenvalue weighted by molar-refractivity contribution is -0.123. The maximum absolute atomic E-state index is 9.21. The number of hydrogen-bond donors (Lipinski definition) is 2. The molecule has 0 aliphatic carbocycles. The molecule has 0 saturated heterocycles. The Bertz CT molecular complexity index is 341. The molecule has 2 N–H and O–H groups in total. The first-order valence-corrected chi connectivity index (χ1v) is 4.98. The van der Waals surface area contributed by atoms with Crippen molar-refractivity contribution in [3.05, 3.63) is 46.7 Å². The maximum Gasteiger partial charge on any atom is 0.144 e. The number of hydroxylamine groups is 1. The highest BCUT2D eigenvalue weighted by molar-refractivity contribution is 9.11. The van der Waals surface area contributed by atoms with Crippen LogP contribution in [0, 0.1) is 0 Å². The lowest BCUT2D eigenvalue weighted by Gasteiger charge is -2.17. The summed E-state index contributed by atoms with van der Waals surface area (Å²) in [4.78, 5) is 0. The predicted molar refractivity (Wildman–Crippen MR) is 55.8 cm³/mol. The van der Waals surface area contributed by atoms with Crippen LogP contribution < -0.4 is 5.53 Å². The number of rotatable bonds is 2. The smallest absolute Gasteiger partial charge is 0.144 e. The molecular weight excluding hydrogens is 246 g/mol. The van der Waals surface area contributed by atoms with Gasteiger partial charge in [0.1, 0.15) is 4.61 Å². The van der Waals surface area contributed by atoms with Gasteiger partial charge in [-0.25, -0.2) is 0 Å². The lowest BCUT2D eigenvalue weighted by Crippen LogP contribution is -2.37. The summed E-state index contributed by atoms with van der Waals surface area (Å²) in [6, 6.07) is 10.0. The summed E-state index contributed by atoms with van der Waals surface area (Å²) in [6.07, 6.45) is 1.77. The molecule has 1 aliphatic rings. The van der Waals surface area contributed by atoms with Crippen molar-refractivity contribution >= 4 is 15.9 Å². The Kier molecular flexibility index (Phi) is 2.72. The summed E-state index contributed by atoms with van der Waals surface area (Å²) in [7, 11) is 0. The number of nitrogens with one attached hydrogen (secondary N) is 1. The molecule has 4 nitrogen and oxygen atoms in total. The van der Waals surface area contributed by atoms with Crippen molar-refractivity contribution in [3.63, 3.8) is 0 Å². The van der Waals surface area contributed by atoms with Gasteiger partial charge < -0.3 is 0 Å². The monoisotopic (exact) mass is 255 g/mol. The zero-order valence-corrected chi connectivity index (χ0v) is 8.98. The van der Waals surface area contributed by atoms with Gasteiger partial charge in [-0.15, -0.1) is 5.53 Å². The molecule has 1 aromatic carbocycles. The lowest BCUT2D eigenvalue weighted by atomic mass is 10.2. The van der Waals surface area contributed by atoms with Gasteiger partial charge in [0.05, 0.1) is 12.7 Å². The number of hydrazine groups is 2. The Morgan fingerprint density at radius 2 is 2.00 bits per heavy atom. The molecule has 0 radical (unpaired) electrons. The van der Waals surface area contributed by atoms with Crippen molar-refractivity contribution in [2.45, 2.75) is 6.54 Å². The van der Waals surface area contributed by atoms with Crippen LogP contribution in [0.2, 0.25) is 0 Å². The van der Waals surface area contributed by atoms with Crippen LogP contribution in [0.25, 0.3) is 0 Å². The summed E-state index contributed by atoms with van der Waals surface area (Å²) in [5, 5.41) is 11.9. The molecule has 14 heavy (non-hydrogen) atoms. The van der Waals surface area contributed by atoms with Gasteiger partial charge in [0.15, 0.2) is 0 Å². The van der Waals surface area contributed by atoms with Crippen molar-refractivity contribution in [3.8, 4) is 0 Å². The van der Waals surface area contributed by atoms with Gasteiger partial charge in [-0.05, 0) is 21.5 Å². The van der Waals surface area contributed by atoms with E-state index in [0.29, 0.717) is 11.2 Å². The van der Waals surface area contributed by atoms with Crippen molar-refractivity contribution in [2.75, 3.05) is 0 Å². The van der Waals surface area contributed by atoms with E-state index in [-0.39, 0.29) is 0 Å². The maximum atomic E-state index is 9.21.